The molecule has 0 amide bonds. The van der Waals surface area contributed by atoms with E-state index in [0.717, 1.165) is 31.6 Å². The molecule has 5 atom stereocenters. The van der Waals surface area contributed by atoms with E-state index in [1.54, 1.807) is 0 Å². The van der Waals surface area contributed by atoms with E-state index in [0.29, 0.717) is 24.7 Å². The summed E-state index contributed by atoms with van der Waals surface area (Å²) in [5.74, 6) is 0.123. The van der Waals surface area contributed by atoms with Gasteiger partial charge in [-0.25, -0.2) is 0 Å². The standard InChI is InChI=1S/C17H26O4/c18-16(19)17(8-6-12-14(10-17)20-12)9-7-13-15(21-13)11-4-2-1-3-5-11/h11-15H,1-10H2,(H,18,19). The van der Waals surface area contributed by atoms with E-state index in [1.165, 1.54) is 32.1 Å². The third-order valence-electron chi connectivity index (χ3n) is 6.28. The van der Waals surface area contributed by atoms with Gasteiger partial charge in [-0.1, -0.05) is 19.3 Å². The number of epoxide rings is 2. The maximum atomic E-state index is 11.8. The van der Waals surface area contributed by atoms with E-state index in [9.17, 15) is 9.90 Å². The van der Waals surface area contributed by atoms with E-state index >= 15 is 0 Å². The first-order valence-electron chi connectivity index (χ1n) is 8.72. The van der Waals surface area contributed by atoms with Crippen LogP contribution >= 0.6 is 0 Å². The Kier molecular flexibility index (Phi) is 3.49. The van der Waals surface area contributed by atoms with Gasteiger partial charge in [0.15, 0.2) is 0 Å². The monoisotopic (exact) mass is 294 g/mol. The highest BCUT2D eigenvalue weighted by atomic mass is 16.6. The van der Waals surface area contributed by atoms with Crippen molar-refractivity contribution in [2.45, 2.75) is 88.6 Å². The molecule has 0 aromatic heterocycles. The van der Waals surface area contributed by atoms with Crippen molar-refractivity contribution in [3.8, 4) is 0 Å². The van der Waals surface area contributed by atoms with Gasteiger partial charge in [0.1, 0.15) is 0 Å². The number of aliphatic carboxylic acids is 1. The molecule has 4 nitrogen and oxygen atoms in total. The Labute approximate surface area is 126 Å². The number of carboxylic acid groups (broad SMARTS) is 1. The van der Waals surface area contributed by atoms with Crippen LogP contribution in [0.1, 0.15) is 64.2 Å². The summed E-state index contributed by atoms with van der Waals surface area (Å²) in [7, 11) is 0. The highest BCUT2D eigenvalue weighted by Crippen LogP contribution is 2.50. The van der Waals surface area contributed by atoms with Crippen molar-refractivity contribution < 1.29 is 19.4 Å². The topological polar surface area (TPSA) is 62.4 Å². The molecule has 5 unspecified atom stereocenters. The SMILES string of the molecule is O=C(O)C1(CCC2OC2C2CCCCC2)CCC2OC2C1. The molecular weight excluding hydrogens is 268 g/mol. The van der Waals surface area contributed by atoms with Crippen LogP contribution in [-0.4, -0.2) is 35.5 Å². The second-order valence-corrected chi connectivity index (χ2v) is 7.62. The highest BCUT2D eigenvalue weighted by Gasteiger charge is 2.55. The Morgan fingerprint density at radius 2 is 1.90 bits per heavy atom. The number of carboxylic acids is 1. The zero-order chi connectivity index (χ0) is 14.4. The fourth-order valence-electron chi connectivity index (χ4n) is 4.73. The molecule has 0 radical (unpaired) electrons. The van der Waals surface area contributed by atoms with E-state index in [4.69, 9.17) is 9.47 Å². The van der Waals surface area contributed by atoms with Gasteiger partial charge >= 0.3 is 5.97 Å². The van der Waals surface area contributed by atoms with Crippen molar-refractivity contribution in [3.63, 3.8) is 0 Å². The van der Waals surface area contributed by atoms with Crippen molar-refractivity contribution in [1.29, 1.82) is 0 Å². The lowest BCUT2D eigenvalue weighted by Crippen LogP contribution is -2.36. The maximum Gasteiger partial charge on any atom is 0.309 e. The molecule has 2 heterocycles. The summed E-state index contributed by atoms with van der Waals surface area (Å²) in [4.78, 5) is 11.8. The van der Waals surface area contributed by atoms with Gasteiger partial charge in [0, 0.05) is 0 Å². The van der Waals surface area contributed by atoms with Gasteiger partial charge < -0.3 is 14.6 Å². The Morgan fingerprint density at radius 3 is 2.62 bits per heavy atom. The predicted octanol–water partition coefficient (Wildman–Crippen LogP) is 3.14. The molecule has 2 saturated carbocycles. The molecule has 21 heavy (non-hydrogen) atoms. The van der Waals surface area contributed by atoms with Crippen LogP contribution in [0.25, 0.3) is 0 Å². The number of fused-ring (bicyclic) bond motifs is 1. The van der Waals surface area contributed by atoms with Crippen LogP contribution in [0.4, 0.5) is 0 Å². The molecule has 2 aliphatic heterocycles. The second-order valence-electron chi connectivity index (χ2n) is 7.62. The Balaban J connectivity index is 1.30. The van der Waals surface area contributed by atoms with Gasteiger partial charge in [-0.2, -0.15) is 0 Å². The lowest BCUT2D eigenvalue weighted by Gasteiger charge is -2.31. The molecule has 4 heteroatoms. The lowest BCUT2D eigenvalue weighted by atomic mass is 9.70. The molecule has 4 aliphatic rings. The molecule has 1 N–H and O–H groups in total. The number of ether oxygens (including phenoxy) is 2. The molecule has 0 spiro atoms. The van der Waals surface area contributed by atoms with Gasteiger partial charge in [0.05, 0.1) is 29.8 Å². The minimum Gasteiger partial charge on any atom is -0.481 e. The largest absolute Gasteiger partial charge is 0.481 e. The number of rotatable bonds is 5. The smallest absolute Gasteiger partial charge is 0.309 e. The predicted molar refractivity (Wildman–Crippen MR) is 77.1 cm³/mol. The van der Waals surface area contributed by atoms with Gasteiger partial charge in [-0.3, -0.25) is 4.79 Å². The molecule has 0 bridgehead atoms. The Morgan fingerprint density at radius 1 is 1.10 bits per heavy atom. The Hall–Kier alpha value is -0.610. The molecule has 4 fully saturated rings. The molecule has 0 aromatic rings. The molecule has 4 rings (SSSR count). The first-order chi connectivity index (χ1) is 10.2. The lowest BCUT2D eigenvalue weighted by molar-refractivity contribution is -0.151. The van der Waals surface area contributed by atoms with Crippen LogP contribution in [0.3, 0.4) is 0 Å². The first-order valence-corrected chi connectivity index (χ1v) is 8.72. The summed E-state index contributed by atoms with van der Waals surface area (Å²) in [6.45, 7) is 0. The van der Waals surface area contributed by atoms with Crippen LogP contribution in [-0.2, 0) is 14.3 Å². The molecule has 2 aliphatic carbocycles. The summed E-state index contributed by atoms with van der Waals surface area (Å²) in [5.41, 5.74) is -0.541. The van der Waals surface area contributed by atoms with Gasteiger partial charge in [-0.05, 0) is 50.9 Å². The highest BCUT2D eigenvalue weighted by molar-refractivity contribution is 5.75. The summed E-state index contributed by atoms with van der Waals surface area (Å²) >= 11 is 0. The third kappa shape index (κ3) is 2.72. The first kappa shape index (κ1) is 14.0. The second kappa shape index (κ2) is 5.24. The average Bonchev–Trinajstić information content (AvgIpc) is 3.39. The van der Waals surface area contributed by atoms with E-state index < -0.39 is 11.4 Å². The summed E-state index contributed by atoms with van der Waals surface area (Å²) in [6, 6.07) is 0. The van der Waals surface area contributed by atoms with Gasteiger partial charge in [-0.15, -0.1) is 0 Å². The van der Waals surface area contributed by atoms with Crippen LogP contribution in [0, 0.1) is 11.3 Å². The third-order valence-corrected chi connectivity index (χ3v) is 6.28. The maximum absolute atomic E-state index is 11.8. The number of hydrogen-bond acceptors (Lipinski definition) is 3. The minimum absolute atomic E-state index is 0.226. The van der Waals surface area contributed by atoms with Crippen LogP contribution in [0.2, 0.25) is 0 Å². The van der Waals surface area contributed by atoms with Crippen molar-refractivity contribution >= 4 is 5.97 Å². The minimum atomic E-state index is -0.619. The fourth-order valence-corrected chi connectivity index (χ4v) is 4.73. The van der Waals surface area contributed by atoms with Crippen molar-refractivity contribution in [3.05, 3.63) is 0 Å². The van der Waals surface area contributed by atoms with E-state index in [-0.39, 0.29) is 6.10 Å². The molecule has 2 saturated heterocycles. The number of hydrogen-bond donors (Lipinski definition) is 1. The van der Waals surface area contributed by atoms with Gasteiger partial charge in [0.25, 0.3) is 0 Å². The normalized spacial score (nSPS) is 45.9. The van der Waals surface area contributed by atoms with Gasteiger partial charge in [0.2, 0.25) is 0 Å². The quantitative estimate of drug-likeness (QED) is 0.791. The number of carbonyl (C=O) groups is 1. The Bertz CT molecular complexity index is 417. The molecule has 118 valence electrons. The summed E-state index contributed by atoms with van der Waals surface area (Å²) in [5, 5.41) is 9.68. The summed E-state index contributed by atoms with van der Waals surface area (Å²) < 4.78 is 11.4. The fraction of sp³-hybridized carbons (Fsp3) is 0.941. The summed E-state index contributed by atoms with van der Waals surface area (Å²) in [6.07, 6.45) is 12.2. The van der Waals surface area contributed by atoms with E-state index in [1.807, 2.05) is 0 Å². The van der Waals surface area contributed by atoms with Crippen LogP contribution in [0.15, 0.2) is 0 Å². The van der Waals surface area contributed by atoms with Crippen LogP contribution < -0.4 is 0 Å². The van der Waals surface area contributed by atoms with Crippen molar-refractivity contribution in [1.82, 2.24) is 0 Å². The van der Waals surface area contributed by atoms with Crippen molar-refractivity contribution in [2.24, 2.45) is 11.3 Å². The average molecular weight is 294 g/mol. The van der Waals surface area contributed by atoms with Crippen molar-refractivity contribution in [2.75, 3.05) is 0 Å². The zero-order valence-corrected chi connectivity index (χ0v) is 12.6. The van der Waals surface area contributed by atoms with E-state index in [2.05, 4.69) is 0 Å². The zero-order valence-electron chi connectivity index (χ0n) is 12.6. The molecular formula is C17H26O4. The van der Waals surface area contributed by atoms with Crippen LogP contribution in [0.5, 0.6) is 0 Å². The molecule has 0 aromatic carbocycles.